The largest absolute Gasteiger partial charge is 0.389 e. The second kappa shape index (κ2) is 4.63. The number of nitrogens with one attached hydrogen (secondary N) is 1. The first-order valence-electron chi connectivity index (χ1n) is 5.87. The molecule has 2 heteroatoms. The average molecular weight is 199 g/mol. The molecule has 1 saturated heterocycles. The van der Waals surface area contributed by atoms with Crippen LogP contribution in [0.3, 0.4) is 0 Å². The number of rotatable bonds is 3. The van der Waals surface area contributed by atoms with E-state index in [1.165, 1.54) is 6.42 Å². The van der Waals surface area contributed by atoms with Crippen molar-refractivity contribution in [3.05, 3.63) is 0 Å². The molecule has 0 radical (unpaired) electrons. The molecular weight excluding hydrogens is 174 g/mol. The van der Waals surface area contributed by atoms with Gasteiger partial charge in [-0.1, -0.05) is 20.8 Å². The summed E-state index contributed by atoms with van der Waals surface area (Å²) in [6.07, 6.45) is 3.24. The summed E-state index contributed by atoms with van der Waals surface area (Å²) < 4.78 is 0. The lowest BCUT2D eigenvalue weighted by Gasteiger charge is -2.39. The molecule has 0 aromatic heterocycles. The highest BCUT2D eigenvalue weighted by Gasteiger charge is 2.34. The van der Waals surface area contributed by atoms with Crippen molar-refractivity contribution in [3.63, 3.8) is 0 Å². The molecule has 2 N–H and O–H groups in total. The van der Waals surface area contributed by atoms with E-state index in [2.05, 4.69) is 26.1 Å². The van der Waals surface area contributed by atoms with E-state index >= 15 is 0 Å². The normalized spacial score (nSPS) is 33.0. The van der Waals surface area contributed by atoms with Crippen LogP contribution in [0.5, 0.6) is 0 Å². The van der Waals surface area contributed by atoms with Gasteiger partial charge in [0, 0.05) is 6.04 Å². The highest BCUT2D eigenvalue weighted by molar-refractivity contribution is 4.91. The van der Waals surface area contributed by atoms with E-state index in [-0.39, 0.29) is 6.04 Å². The molecule has 84 valence electrons. The van der Waals surface area contributed by atoms with E-state index < -0.39 is 5.60 Å². The monoisotopic (exact) mass is 199 g/mol. The third-order valence-electron chi connectivity index (χ3n) is 3.24. The van der Waals surface area contributed by atoms with Crippen LogP contribution in [-0.4, -0.2) is 23.3 Å². The minimum absolute atomic E-state index is 0.286. The van der Waals surface area contributed by atoms with Gasteiger partial charge in [-0.25, -0.2) is 0 Å². The molecule has 0 aromatic rings. The highest BCUT2D eigenvalue weighted by Crippen LogP contribution is 2.27. The second-order valence-corrected chi connectivity index (χ2v) is 5.59. The zero-order valence-corrected chi connectivity index (χ0v) is 10.0. The first kappa shape index (κ1) is 12.0. The van der Waals surface area contributed by atoms with Gasteiger partial charge in [0.05, 0.1) is 5.60 Å². The number of aliphatic hydroxyl groups is 1. The first-order chi connectivity index (χ1) is 6.42. The number of hydrogen-bond acceptors (Lipinski definition) is 2. The summed E-state index contributed by atoms with van der Waals surface area (Å²) in [5, 5.41) is 13.8. The van der Waals surface area contributed by atoms with Crippen molar-refractivity contribution < 1.29 is 5.11 Å². The van der Waals surface area contributed by atoms with Crippen LogP contribution in [0.1, 0.15) is 47.0 Å². The Hall–Kier alpha value is -0.0800. The zero-order valence-electron chi connectivity index (χ0n) is 10.0. The standard InChI is InChI=1S/C12H25NO/c1-9(2)8-12(4,14)11-7-10(3)5-6-13-11/h9-11,13-14H,5-8H2,1-4H3. The average Bonchev–Trinajstić information content (AvgIpc) is 2.01. The number of hydrogen-bond donors (Lipinski definition) is 2. The fraction of sp³-hybridized carbons (Fsp3) is 1.00. The van der Waals surface area contributed by atoms with Crippen LogP contribution in [-0.2, 0) is 0 Å². The Labute approximate surface area is 88.1 Å². The Bertz CT molecular complexity index is 177. The van der Waals surface area contributed by atoms with Crippen molar-refractivity contribution in [1.29, 1.82) is 0 Å². The van der Waals surface area contributed by atoms with E-state index in [4.69, 9.17) is 0 Å². The van der Waals surface area contributed by atoms with Crippen LogP contribution >= 0.6 is 0 Å². The predicted octanol–water partition coefficient (Wildman–Crippen LogP) is 2.17. The summed E-state index contributed by atoms with van der Waals surface area (Å²) in [6.45, 7) is 9.64. The molecule has 0 bridgehead atoms. The van der Waals surface area contributed by atoms with E-state index in [1.54, 1.807) is 0 Å². The van der Waals surface area contributed by atoms with Crippen molar-refractivity contribution in [3.8, 4) is 0 Å². The summed E-state index contributed by atoms with van der Waals surface area (Å²) in [5.74, 6) is 1.31. The Morgan fingerprint density at radius 3 is 2.64 bits per heavy atom. The Morgan fingerprint density at radius 1 is 1.50 bits per heavy atom. The van der Waals surface area contributed by atoms with Gasteiger partial charge >= 0.3 is 0 Å². The van der Waals surface area contributed by atoms with Gasteiger partial charge in [-0.05, 0) is 44.6 Å². The molecule has 1 aliphatic heterocycles. The third kappa shape index (κ3) is 3.25. The molecule has 0 spiro atoms. The molecule has 1 heterocycles. The Kier molecular flexibility index (Phi) is 3.96. The van der Waals surface area contributed by atoms with Crippen molar-refractivity contribution in [1.82, 2.24) is 5.32 Å². The van der Waals surface area contributed by atoms with Gasteiger partial charge < -0.3 is 10.4 Å². The molecule has 1 aliphatic rings. The highest BCUT2D eigenvalue weighted by atomic mass is 16.3. The molecule has 0 saturated carbocycles. The quantitative estimate of drug-likeness (QED) is 0.730. The van der Waals surface area contributed by atoms with Crippen LogP contribution in [0.2, 0.25) is 0 Å². The van der Waals surface area contributed by atoms with Gasteiger partial charge in [0.1, 0.15) is 0 Å². The molecule has 0 aromatic carbocycles. The molecule has 3 atom stereocenters. The van der Waals surface area contributed by atoms with E-state index in [1.807, 2.05) is 6.92 Å². The van der Waals surface area contributed by atoms with Crippen LogP contribution in [0.15, 0.2) is 0 Å². The fourth-order valence-corrected chi connectivity index (χ4v) is 2.55. The smallest absolute Gasteiger partial charge is 0.0774 e. The minimum Gasteiger partial charge on any atom is -0.389 e. The summed E-state index contributed by atoms with van der Waals surface area (Å²) in [7, 11) is 0. The van der Waals surface area contributed by atoms with E-state index in [0.29, 0.717) is 5.92 Å². The van der Waals surface area contributed by atoms with Gasteiger partial charge in [-0.3, -0.25) is 0 Å². The van der Waals surface area contributed by atoms with Crippen molar-refractivity contribution in [2.24, 2.45) is 11.8 Å². The topological polar surface area (TPSA) is 32.3 Å². The van der Waals surface area contributed by atoms with Gasteiger partial charge in [0.15, 0.2) is 0 Å². The predicted molar refractivity (Wildman–Crippen MR) is 60.3 cm³/mol. The summed E-state index contributed by atoms with van der Waals surface area (Å²) >= 11 is 0. The van der Waals surface area contributed by atoms with Crippen LogP contribution in [0, 0.1) is 11.8 Å². The third-order valence-corrected chi connectivity index (χ3v) is 3.24. The van der Waals surface area contributed by atoms with Crippen LogP contribution in [0.25, 0.3) is 0 Å². The summed E-state index contributed by atoms with van der Waals surface area (Å²) in [4.78, 5) is 0. The minimum atomic E-state index is -0.539. The molecule has 1 fully saturated rings. The van der Waals surface area contributed by atoms with Gasteiger partial charge in [-0.2, -0.15) is 0 Å². The lowest BCUT2D eigenvalue weighted by Crippen LogP contribution is -2.53. The molecular formula is C12H25NO. The van der Waals surface area contributed by atoms with Gasteiger partial charge in [-0.15, -0.1) is 0 Å². The summed E-state index contributed by atoms with van der Waals surface area (Å²) in [5.41, 5.74) is -0.539. The maximum absolute atomic E-state index is 10.4. The van der Waals surface area contributed by atoms with Gasteiger partial charge in [0.2, 0.25) is 0 Å². The van der Waals surface area contributed by atoms with E-state index in [9.17, 15) is 5.11 Å². The van der Waals surface area contributed by atoms with Gasteiger partial charge in [0.25, 0.3) is 0 Å². The molecule has 1 rings (SSSR count). The van der Waals surface area contributed by atoms with E-state index in [0.717, 1.165) is 25.3 Å². The Balaban J connectivity index is 2.52. The zero-order chi connectivity index (χ0) is 10.8. The summed E-state index contributed by atoms with van der Waals surface area (Å²) in [6, 6.07) is 0.286. The SMILES string of the molecule is CC(C)CC(C)(O)C1CC(C)CCN1. The molecule has 0 amide bonds. The Morgan fingerprint density at radius 2 is 2.14 bits per heavy atom. The maximum Gasteiger partial charge on any atom is 0.0774 e. The molecule has 14 heavy (non-hydrogen) atoms. The van der Waals surface area contributed by atoms with Crippen molar-refractivity contribution >= 4 is 0 Å². The first-order valence-corrected chi connectivity index (χ1v) is 5.87. The maximum atomic E-state index is 10.4. The van der Waals surface area contributed by atoms with Crippen molar-refractivity contribution in [2.75, 3.05) is 6.54 Å². The lowest BCUT2D eigenvalue weighted by molar-refractivity contribution is -0.0138. The lowest BCUT2D eigenvalue weighted by atomic mass is 9.80. The number of piperidine rings is 1. The second-order valence-electron chi connectivity index (χ2n) is 5.59. The fourth-order valence-electron chi connectivity index (χ4n) is 2.55. The van der Waals surface area contributed by atoms with Crippen molar-refractivity contribution in [2.45, 2.75) is 58.6 Å². The molecule has 3 unspecified atom stereocenters. The van der Waals surface area contributed by atoms with Crippen LogP contribution in [0.4, 0.5) is 0 Å². The molecule has 2 nitrogen and oxygen atoms in total. The van der Waals surface area contributed by atoms with Crippen LogP contribution < -0.4 is 5.32 Å². The molecule has 0 aliphatic carbocycles.